The molecular formula is C29H43NO5. The smallest absolute Gasteiger partial charge is 0.335 e. The van der Waals surface area contributed by atoms with Crippen molar-refractivity contribution in [2.75, 3.05) is 6.61 Å². The van der Waals surface area contributed by atoms with Crippen LogP contribution in [0.25, 0.3) is 11.5 Å². The molecule has 1 saturated carbocycles. The topological polar surface area (TPSA) is 81.8 Å². The average molecular weight is 486 g/mol. The molecule has 194 valence electrons. The Morgan fingerprint density at radius 3 is 2.60 bits per heavy atom. The van der Waals surface area contributed by atoms with Gasteiger partial charge in [0, 0.05) is 12.0 Å². The van der Waals surface area contributed by atoms with Gasteiger partial charge in [-0.05, 0) is 68.6 Å². The monoisotopic (exact) mass is 485 g/mol. The molecule has 0 saturated heterocycles. The van der Waals surface area contributed by atoms with Gasteiger partial charge in [0.15, 0.2) is 5.60 Å². The standard InChI is InChI=1S/C29H43NO5/c1-6-15-29(5,28(31)32)34-18-22-9-8-10-24(17-22)33-19-25-26(7-2)35-27(30-25)23-13-11-21(12-14-23)16-20(3)4/h11-14,20,22,24H,6-10,15-19H2,1-5H3,(H,31,32)/t22-,24+,29?/m1/s1. The number of hydrogen-bond acceptors (Lipinski definition) is 5. The lowest BCUT2D eigenvalue weighted by molar-refractivity contribution is -0.167. The van der Waals surface area contributed by atoms with Crippen molar-refractivity contribution in [3.8, 4) is 11.5 Å². The Kier molecular flexibility index (Phi) is 9.93. The Balaban J connectivity index is 1.57. The lowest BCUT2D eigenvalue weighted by Crippen LogP contribution is -2.40. The molecule has 1 N–H and O–H groups in total. The fourth-order valence-electron chi connectivity index (χ4n) is 4.91. The van der Waals surface area contributed by atoms with Gasteiger partial charge in [-0.15, -0.1) is 0 Å². The summed E-state index contributed by atoms with van der Waals surface area (Å²) >= 11 is 0. The second kappa shape index (κ2) is 12.7. The summed E-state index contributed by atoms with van der Waals surface area (Å²) in [7, 11) is 0. The van der Waals surface area contributed by atoms with Crippen molar-refractivity contribution >= 4 is 5.97 Å². The molecule has 6 heteroatoms. The fourth-order valence-corrected chi connectivity index (χ4v) is 4.91. The van der Waals surface area contributed by atoms with Crippen LogP contribution in [0.1, 0.15) is 90.2 Å². The molecule has 0 amide bonds. The molecule has 0 spiro atoms. The first-order chi connectivity index (χ1) is 16.7. The third kappa shape index (κ3) is 7.65. The van der Waals surface area contributed by atoms with Crippen LogP contribution >= 0.6 is 0 Å². The van der Waals surface area contributed by atoms with Crippen LogP contribution in [0.15, 0.2) is 28.7 Å². The molecule has 1 aliphatic rings. The third-order valence-corrected chi connectivity index (χ3v) is 6.95. The van der Waals surface area contributed by atoms with E-state index in [0.717, 1.165) is 62.0 Å². The van der Waals surface area contributed by atoms with E-state index in [2.05, 4.69) is 45.0 Å². The predicted molar refractivity (Wildman–Crippen MR) is 137 cm³/mol. The van der Waals surface area contributed by atoms with E-state index in [-0.39, 0.29) is 6.10 Å². The van der Waals surface area contributed by atoms with E-state index < -0.39 is 11.6 Å². The van der Waals surface area contributed by atoms with Crippen LogP contribution in [-0.2, 0) is 33.7 Å². The molecule has 1 aliphatic carbocycles. The first-order valence-corrected chi connectivity index (χ1v) is 13.3. The molecule has 0 aliphatic heterocycles. The number of carbonyl (C=O) groups is 1. The number of ether oxygens (including phenoxy) is 2. The maximum atomic E-state index is 11.7. The first-order valence-electron chi connectivity index (χ1n) is 13.3. The van der Waals surface area contributed by atoms with Crippen LogP contribution in [-0.4, -0.2) is 34.4 Å². The fraction of sp³-hybridized carbons (Fsp3) is 0.655. The maximum Gasteiger partial charge on any atom is 0.335 e. The summed E-state index contributed by atoms with van der Waals surface area (Å²) in [5.41, 5.74) is 2.07. The SMILES string of the molecule is CCCC(C)(OC[C@@H]1CCC[C@H](OCc2nc(-c3ccc(CC(C)C)cc3)oc2CC)C1)C(=O)O. The minimum Gasteiger partial charge on any atom is -0.479 e. The molecular weight excluding hydrogens is 442 g/mol. The number of carboxylic acids is 1. The Morgan fingerprint density at radius 2 is 1.97 bits per heavy atom. The number of aliphatic carboxylic acids is 1. The second-order valence-corrected chi connectivity index (χ2v) is 10.6. The van der Waals surface area contributed by atoms with Crippen molar-refractivity contribution in [2.45, 2.75) is 104 Å². The van der Waals surface area contributed by atoms with Crippen LogP contribution in [0, 0.1) is 11.8 Å². The van der Waals surface area contributed by atoms with Crippen LogP contribution < -0.4 is 0 Å². The molecule has 35 heavy (non-hydrogen) atoms. The quantitative estimate of drug-likeness (QED) is 0.334. The Bertz CT molecular complexity index is 935. The Labute approximate surface area is 210 Å². The van der Waals surface area contributed by atoms with Gasteiger partial charge in [-0.3, -0.25) is 0 Å². The molecule has 1 unspecified atom stereocenters. The molecule has 0 bridgehead atoms. The number of nitrogens with zero attached hydrogens (tertiary/aromatic N) is 1. The molecule has 1 aromatic heterocycles. The molecule has 1 aromatic carbocycles. The van der Waals surface area contributed by atoms with Crippen LogP contribution in [0.5, 0.6) is 0 Å². The van der Waals surface area contributed by atoms with Crippen molar-refractivity contribution in [3.63, 3.8) is 0 Å². The zero-order valence-corrected chi connectivity index (χ0v) is 22.1. The predicted octanol–water partition coefficient (Wildman–Crippen LogP) is 6.84. The number of benzene rings is 1. The van der Waals surface area contributed by atoms with Crippen molar-refractivity contribution in [3.05, 3.63) is 41.3 Å². The number of rotatable bonds is 13. The second-order valence-electron chi connectivity index (χ2n) is 10.6. The molecule has 6 nitrogen and oxygen atoms in total. The van der Waals surface area contributed by atoms with E-state index in [4.69, 9.17) is 18.9 Å². The lowest BCUT2D eigenvalue weighted by atomic mass is 9.87. The van der Waals surface area contributed by atoms with E-state index in [1.165, 1.54) is 5.56 Å². The van der Waals surface area contributed by atoms with E-state index in [9.17, 15) is 9.90 Å². The first kappa shape index (κ1) is 27.4. The van der Waals surface area contributed by atoms with Crippen LogP contribution in [0.2, 0.25) is 0 Å². The zero-order valence-electron chi connectivity index (χ0n) is 22.1. The van der Waals surface area contributed by atoms with Crippen molar-refractivity contribution in [2.24, 2.45) is 11.8 Å². The number of hydrogen-bond donors (Lipinski definition) is 1. The minimum absolute atomic E-state index is 0.125. The molecule has 2 aromatic rings. The zero-order chi connectivity index (χ0) is 25.4. The van der Waals surface area contributed by atoms with Gasteiger partial charge in [0.05, 0.1) is 19.3 Å². The highest BCUT2D eigenvalue weighted by molar-refractivity contribution is 5.76. The average Bonchev–Trinajstić information content (AvgIpc) is 3.25. The molecule has 3 atom stereocenters. The largest absolute Gasteiger partial charge is 0.479 e. The third-order valence-electron chi connectivity index (χ3n) is 6.95. The van der Waals surface area contributed by atoms with Gasteiger partial charge < -0.3 is 19.0 Å². The summed E-state index contributed by atoms with van der Waals surface area (Å²) < 4.78 is 18.3. The van der Waals surface area contributed by atoms with Crippen molar-refractivity contribution in [1.29, 1.82) is 0 Å². The van der Waals surface area contributed by atoms with Gasteiger partial charge in [0.2, 0.25) is 5.89 Å². The summed E-state index contributed by atoms with van der Waals surface area (Å²) in [6.07, 6.45) is 7.24. The molecule has 1 heterocycles. The normalized spacial score (nSPS) is 20.2. The highest BCUT2D eigenvalue weighted by Gasteiger charge is 2.35. The van der Waals surface area contributed by atoms with Crippen LogP contribution in [0.4, 0.5) is 0 Å². The number of oxazole rings is 1. The van der Waals surface area contributed by atoms with Gasteiger partial charge in [-0.1, -0.05) is 52.7 Å². The molecule has 1 fully saturated rings. The van der Waals surface area contributed by atoms with E-state index in [1.54, 1.807) is 6.92 Å². The number of aromatic nitrogens is 1. The highest BCUT2D eigenvalue weighted by atomic mass is 16.5. The summed E-state index contributed by atoms with van der Waals surface area (Å²) in [5.74, 6) is 1.58. The van der Waals surface area contributed by atoms with Gasteiger partial charge in [0.25, 0.3) is 0 Å². The summed E-state index contributed by atoms with van der Waals surface area (Å²) in [4.78, 5) is 16.4. The minimum atomic E-state index is -1.11. The highest BCUT2D eigenvalue weighted by Crippen LogP contribution is 2.30. The van der Waals surface area contributed by atoms with Gasteiger partial charge in [-0.2, -0.15) is 0 Å². The van der Waals surface area contributed by atoms with Crippen LogP contribution in [0.3, 0.4) is 0 Å². The van der Waals surface area contributed by atoms with E-state index in [1.807, 2.05) is 6.92 Å². The van der Waals surface area contributed by atoms with Crippen molar-refractivity contribution < 1.29 is 23.8 Å². The van der Waals surface area contributed by atoms with Gasteiger partial charge in [0.1, 0.15) is 11.5 Å². The van der Waals surface area contributed by atoms with Crippen molar-refractivity contribution in [1.82, 2.24) is 4.98 Å². The molecule has 3 rings (SSSR count). The Morgan fingerprint density at radius 1 is 1.23 bits per heavy atom. The summed E-state index contributed by atoms with van der Waals surface area (Å²) in [6, 6.07) is 8.48. The van der Waals surface area contributed by atoms with Gasteiger partial charge >= 0.3 is 5.97 Å². The molecule has 0 radical (unpaired) electrons. The van der Waals surface area contributed by atoms with E-state index >= 15 is 0 Å². The Hall–Kier alpha value is -2.18. The summed E-state index contributed by atoms with van der Waals surface area (Å²) in [6.45, 7) is 11.1. The van der Waals surface area contributed by atoms with Gasteiger partial charge in [-0.25, -0.2) is 9.78 Å². The summed E-state index contributed by atoms with van der Waals surface area (Å²) in [5, 5.41) is 9.57. The van der Waals surface area contributed by atoms with E-state index in [0.29, 0.717) is 37.4 Å². The maximum absolute atomic E-state index is 11.7. The lowest BCUT2D eigenvalue weighted by Gasteiger charge is -2.32. The number of aryl methyl sites for hydroxylation is 1. The number of carboxylic acid groups (broad SMARTS) is 1.